The van der Waals surface area contributed by atoms with E-state index in [9.17, 15) is 9.59 Å². The van der Waals surface area contributed by atoms with Gasteiger partial charge in [-0.05, 0) is 25.0 Å². The first kappa shape index (κ1) is 13.4. The number of nitrogens with one attached hydrogen (secondary N) is 2. The van der Waals surface area contributed by atoms with Crippen LogP contribution < -0.4 is 15.4 Å². The lowest BCUT2D eigenvalue weighted by Crippen LogP contribution is -2.39. The molecule has 0 atom stereocenters. The summed E-state index contributed by atoms with van der Waals surface area (Å²) in [5.41, 5.74) is 0.655. The highest BCUT2D eigenvalue weighted by Crippen LogP contribution is 2.26. The van der Waals surface area contributed by atoms with E-state index >= 15 is 0 Å². The average Bonchev–Trinajstić information content (AvgIpc) is 2.34. The van der Waals surface area contributed by atoms with Gasteiger partial charge in [0.25, 0.3) is 0 Å². The second-order valence-electron chi connectivity index (χ2n) is 4.63. The summed E-state index contributed by atoms with van der Waals surface area (Å²) in [5.74, 6) is 0.522. The molecule has 2 N–H and O–H groups in total. The van der Waals surface area contributed by atoms with Gasteiger partial charge >= 0.3 is 0 Å². The molecule has 5 heteroatoms. The van der Waals surface area contributed by atoms with E-state index in [4.69, 9.17) is 4.74 Å². The highest BCUT2D eigenvalue weighted by atomic mass is 16.5. The van der Waals surface area contributed by atoms with Crippen LogP contribution in [0, 0.1) is 5.92 Å². The number of anilines is 1. The van der Waals surface area contributed by atoms with Crippen LogP contribution in [0.15, 0.2) is 24.3 Å². The molecule has 1 aromatic rings. The van der Waals surface area contributed by atoms with Crippen molar-refractivity contribution in [2.75, 3.05) is 19.0 Å². The molecule has 1 aromatic carbocycles. The van der Waals surface area contributed by atoms with Crippen LogP contribution in [-0.2, 0) is 9.59 Å². The van der Waals surface area contributed by atoms with E-state index in [-0.39, 0.29) is 24.3 Å². The Bertz CT molecular complexity index is 470. The van der Waals surface area contributed by atoms with Crippen molar-refractivity contribution in [3.8, 4) is 5.75 Å². The van der Waals surface area contributed by atoms with Gasteiger partial charge in [-0.15, -0.1) is 0 Å². The summed E-state index contributed by atoms with van der Waals surface area (Å²) in [6.07, 6.45) is 2.97. The summed E-state index contributed by atoms with van der Waals surface area (Å²) in [6, 6.07) is 7.09. The van der Waals surface area contributed by atoms with E-state index in [1.165, 1.54) is 0 Å². The maximum absolute atomic E-state index is 11.7. The first-order chi connectivity index (χ1) is 9.19. The van der Waals surface area contributed by atoms with E-state index in [1.807, 2.05) is 0 Å². The van der Waals surface area contributed by atoms with Crippen LogP contribution in [0.1, 0.15) is 19.3 Å². The van der Waals surface area contributed by atoms with Gasteiger partial charge < -0.3 is 15.4 Å². The lowest BCUT2D eigenvalue weighted by Gasteiger charge is -2.23. The average molecular weight is 262 g/mol. The van der Waals surface area contributed by atoms with Gasteiger partial charge in [-0.3, -0.25) is 9.59 Å². The molecule has 0 aliphatic heterocycles. The molecular formula is C14H18N2O3. The fraction of sp³-hybridized carbons (Fsp3) is 0.429. The Morgan fingerprint density at radius 2 is 2.16 bits per heavy atom. The zero-order valence-corrected chi connectivity index (χ0v) is 10.9. The Balaban J connectivity index is 1.78. The van der Waals surface area contributed by atoms with Crippen molar-refractivity contribution in [1.82, 2.24) is 5.32 Å². The molecule has 0 saturated heterocycles. The lowest BCUT2D eigenvalue weighted by atomic mass is 9.85. The number of rotatable bonds is 5. The summed E-state index contributed by atoms with van der Waals surface area (Å²) < 4.78 is 5.07. The SMILES string of the molecule is COc1cccc(NC(=O)CNC(=O)C2CCC2)c1. The topological polar surface area (TPSA) is 67.4 Å². The minimum atomic E-state index is -0.235. The smallest absolute Gasteiger partial charge is 0.243 e. The van der Waals surface area contributed by atoms with Crippen molar-refractivity contribution in [2.45, 2.75) is 19.3 Å². The number of carbonyl (C=O) groups is 2. The number of ether oxygens (including phenoxy) is 1. The van der Waals surface area contributed by atoms with Crippen molar-refractivity contribution >= 4 is 17.5 Å². The Morgan fingerprint density at radius 1 is 1.37 bits per heavy atom. The van der Waals surface area contributed by atoms with E-state index in [2.05, 4.69) is 10.6 Å². The minimum Gasteiger partial charge on any atom is -0.497 e. The predicted octanol–water partition coefficient (Wildman–Crippen LogP) is 1.55. The van der Waals surface area contributed by atoms with Gasteiger partial charge in [-0.2, -0.15) is 0 Å². The largest absolute Gasteiger partial charge is 0.497 e. The summed E-state index contributed by atoms with van der Waals surface area (Å²) >= 11 is 0. The molecule has 2 amide bonds. The molecule has 102 valence electrons. The molecular weight excluding hydrogens is 244 g/mol. The molecule has 19 heavy (non-hydrogen) atoms. The van der Waals surface area contributed by atoms with Gasteiger partial charge in [0.2, 0.25) is 11.8 Å². The normalized spacial score (nSPS) is 14.4. The van der Waals surface area contributed by atoms with Gasteiger partial charge in [0.15, 0.2) is 0 Å². The minimum absolute atomic E-state index is 0.00649. The highest BCUT2D eigenvalue weighted by Gasteiger charge is 2.25. The zero-order valence-electron chi connectivity index (χ0n) is 10.9. The quantitative estimate of drug-likeness (QED) is 0.846. The molecule has 0 aromatic heterocycles. The summed E-state index contributed by atoms with van der Waals surface area (Å²) in [6.45, 7) is 0.00649. The number of benzene rings is 1. The van der Waals surface area contributed by atoms with Gasteiger partial charge in [0.1, 0.15) is 5.75 Å². The Kier molecular flexibility index (Phi) is 4.39. The third-order valence-electron chi connectivity index (χ3n) is 3.25. The Hall–Kier alpha value is -2.04. The zero-order chi connectivity index (χ0) is 13.7. The fourth-order valence-electron chi connectivity index (χ4n) is 1.89. The van der Waals surface area contributed by atoms with Crippen LogP contribution in [-0.4, -0.2) is 25.5 Å². The van der Waals surface area contributed by atoms with E-state index in [0.29, 0.717) is 11.4 Å². The molecule has 2 rings (SSSR count). The van der Waals surface area contributed by atoms with E-state index in [0.717, 1.165) is 19.3 Å². The summed E-state index contributed by atoms with van der Waals surface area (Å²) in [7, 11) is 1.57. The van der Waals surface area contributed by atoms with Crippen molar-refractivity contribution in [3.63, 3.8) is 0 Å². The van der Waals surface area contributed by atoms with Crippen LogP contribution >= 0.6 is 0 Å². The number of carbonyl (C=O) groups excluding carboxylic acids is 2. The van der Waals surface area contributed by atoms with Crippen LogP contribution in [0.3, 0.4) is 0 Å². The molecule has 1 saturated carbocycles. The molecule has 5 nitrogen and oxygen atoms in total. The summed E-state index contributed by atoms with van der Waals surface area (Å²) in [4.78, 5) is 23.3. The molecule has 1 aliphatic carbocycles. The fourth-order valence-corrected chi connectivity index (χ4v) is 1.89. The van der Waals surface area contributed by atoms with Gasteiger partial charge in [0.05, 0.1) is 13.7 Å². The van der Waals surface area contributed by atoms with Crippen molar-refractivity contribution in [3.05, 3.63) is 24.3 Å². The molecule has 0 heterocycles. The number of methoxy groups -OCH3 is 1. The lowest BCUT2D eigenvalue weighted by molar-refractivity contribution is -0.129. The van der Waals surface area contributed by atoms with Crippen molar-refractivity contribution in [1.29, 1.82) is 0 Å². The van der Waals surface area contributed by atoms with Crippen LogP contribution in [0.4, 0.5) is 5.69 Å². The number of hydrogen-bond acceptors (Lipinski definition) is 3. The molecule has 0 radical (unpaired) electrons. The number of hydrogen-bond donors (Lipinski definition) is 2. The van der Waals surface area contributed by atoms with Gasteiger partial charge in [-0.25, -0.2) is 0 Å². The van der Waals surface area contributed by atoms with Crippen LogP contribution in [0.5, 0.6) is 5.75 Å². The molecule has 0 unspecified atom stereocenters. The summed E-state index contributed by atoms with van der Waals surface area (Å²) in [5, 5.41) is 5.36. The number of amides is 2. The Labute approximate surface area is 112 Å². The third kappa shape index (κ3) is 3.71. The first-order valence-corrected chi connectivity index (χ1v) is 6.40. The van der Waals surface area contributed by atoms with E-state index < -0.39 is 0 Å². The first-order valence-electron chi connectivity index (χ1n) is 6.40. The van der Waals surface area contributed by atoms with Crippen molar-refractivity contribution in [2.24, 2.45) is 5.92 Å². The van der Waals surface area contributed by atoms with Gasteiger partial charge in [-0.1, -0.05) is 12.5 Å². The maximum atomic E-state index is 11.7. The molecule has 0 spiro atoms. The molecule has 1 fully saturated rings. The standard InChI is InChI=1S/C14H18N2O3/c1-19-12-7-3-6-11(8-12)16-13(17)9-15-14(18)10-4-2-5-10/h3,6-8,10H,2,4-5,9H2,1H3,(H,15,18)(H,16,17). The highest BCUT2D eigenvalue weighted by molar-refractivity contribution is 5.95. The predicted molar refractivity (Wildman–Crippen MR) is 72.0 cm³/mol. The molecule has 1 aliphatic rings. The monoisotopic (exact) mass is 262 g/mol. The Morgan fingerprint density at radius 3 is 2.79 bits per heavy atom. The van der Waals surface area contributed by atoms with Crippen LogP contribution in [0.2, 0.25) is 0 Å². The molecule has 0 bridgehead atoms. The van der Waals surface area contributed by atoms with E-state index in [1.54, 1.807) is 31.4 Å². The second kappa shape index (κ2) is 6.22. The maximum Gasteiger partial charge on any atom is 0.243 e. The van der Waals surface area contributed by atoms with Gasteiger partial charge in [0, 0.05) is 17.7 Å². The second-order valence-corrected chi connectivity index (χ2v) is 4.63. The van der Waals surface area contributed by atoms with Crippen LogP contribution in [0.25, 0.3) is 0 Å². The van der Waals surface area contributed by atoms with Crippen molar-refractivity contribution < 1.29 is 14.3 Å². The third-order valence-corrected chi connectivity index (χ3v) is 3.25.